The van der Waals surface area contributed by atoms with Crippen molar-refractivity contribution in [3.05, 3.63) is 24.3 Å². The molecule has 0 aromatic heterocycles. The van der Waals surface area contributed by atoms with Crippen LogP contribution in [0.1, 0.15) is 12.8 Å². The maximum atomic E-state index is 10.2. The van der Waals surface area contributed by atoms with Crippen molar-refractivity contribution < 1.29 is 14.6 Å². The molecule has 0 aliphatic carbocycles. The number of anilines is 1. The number of hydrogen-bond acceptors (Lipinski definition) is 3. The highest BCUT2D eigenvalue weighted by Gasteiger charge is 1.97. The van der Waals surface area contributed by atoms with E-state index in [1.165, 1.54) is 0 Å². The Morgan fingerprint density at radius 3 is 2.57 bits per heavy atom. The molecule has 4 nitrogen and oxygen atoms in total. The van der Waals surface area contributed by atoms with Gasteiger partial charge in [-0.1, -0.05) is 0 Å². The average Bonchev–Trinajstić information content (AvgIpc) is 2.15. The molecule has 0 radical (unpaired) electrons. The van der Waals surface area contributed by atoms with Crippen LogP contribution in [0.2, 0.25) is 0 Å². The number of carboxylic acids is 1. The third-order valence-electron chi connectivity index (χ3n) is 1.68. The fourth-order valence-electron chi connectivity index (χ4n) is 0.977. The summed E-state index contributed by atoms with van der Waals surface area (Å²) in [6, 6.07) is 7.01. The Balaban J connectivity index is 2.25. The number of ether oxygens (including phenoxy) is 1. The first-order chi connectivity index (χ1) is 6.68. The van der Waals surface area contributed by atoms with Gasteiger partial charge in [0.25, 0.3) is 0 Å². The number of nitrogens with two attached hydrogens (primary N) is 1. The van der Waals surface area contributed by atoms with E-state index in [2.05, 4.69) is 0 Å². The zero-order chi connectivity index (χ0) is 10.4. The Morgan fingerprint density at radius 1 is 1.36 bits per heavy atom. The van der Waals surface area contributed by atoms with Crippen molar-refractivity contribution >= 4 is 11.7 Å². The fourth-order valence-corrected chi connectivity index (χ4v) is 0.977. The van der Waals surface area contributed by atoms with Crippen molar-refractivity contribution in [3.63, 3.8) is 0 Å². The van der Waals surface area contributed by atoms with E-state index in [9.17, 15) is 4.79 Å². The fraction of sp³-hybridized carbons (Fsp3) is 0.300. The zero-order valence-electron chi connectivity index (χ0n) is 7.77. The molecule has 0 saturated carbocycles. The van der Waals surface area contributed by atoms with E-state index in [1.54, 1.807) is 24.3 Å². The second-order valence-corrected chi connectivity index (χ2v) is 2.91. The second kappa shape index (κ2) is 5.11. The minimum Gasteiger partial charge on any atom is -0.494 e. The van der Waals surface area contributed by atoms with Gasteiger partial charge in [0.15, 0.2) is 0 Å². The number of carboxylic acid groups (broad SMARTS) is 1. The largest absolute Gasteiger partial charge is 0.494 e. The summed E-state index contributed by atoms with van der Waals surface area (Å²) in [5, 5.41) is 8.37. The molecule has 0 amide bonds. The molecule has 76 valence electrons. The van der Waals surface area contributed by atoms with Crippen LogP contribution in [0.5, 0.6) is 5.75 Å². The van der Waals surface area contributed by atoms with Crippen LogP contribution in [0.4, 0.5) is 5.69 Å². The van der Waals surface area contributed by atoms with Crippen LogP contribution in [0.25, 0.3) is 0 Å². The van der Waals surface area contributed by atoms with Gasteiger partial charge in [0.1, 0.15) is 5.75 Å². The molecular formula is C10H13NO3. The topological polar surface area (TPSA) is 72.5 Å². The Kier molecular flexibility index (Phi) is 3.79. The number of hydrogen-bond donors (Lipinski definition) is 2. The Bertz CT molecular complexity index is 295. The molecule has 1 rings (SSSR count). The lowest BCUT2D eigenvalue weighted by Gasteiger charge is -2.04. The van der Waals surface area contributed by atoms with Crippen LogP contribution in [0.3, 0.4) is 0 Å². The molecule has 3 N–H and O–H groups in total. The molecular weight excluding hydrogens is 182 g/mol. The van der Waals surface area contributed by atoms with Crippen molar-refractivity contribution in [2.75, 3.05) is 12.3 Å². The summed E-state index contributed by atoms with van der Waals surface area (Å²) >= 11 is 0. The van der Waals surface area contributed by atoms with Crippen LogP contribution < -0.4 is 10.5 Å². The molecule has 14 heavy (non-hydrogen) atoms. The molecule has 4 heteroatoms. The molecule has 1 aromatic carbocycles. The van der Waals surface area contributed by atoms with Gasteiger partial charge in [-0.05, 0) is 30.7 Å². The molecule has 1 aromatic rings. The number of aliphatic carboxylic acids is 1. The summed E-state index contributed by atoms with van der Waals surface area (Å²) in [5.41, 5.74) is 6.17. The van der Waals surface area contributed by atoms with Crippen LogP contribution in [0.15, 0.2) is 24.3 Å². The minimum absolute atomic E-state index is 0.134. The average molecular weight is 195 g/mol. The number of nitrogen functional groups attached to an aromatic ring is 1. The third kappa shape index (κ3) is 3.80. The van der Waals surface area contributed by atoms with E-state index in [0.29, 0.717) is 24.5 Å². The number of rotatable bonds is 5. The molecule has 0 spiro atoms. The van der Waals surface area contributed by atoms with Crippen LogP contribution >= 0.6 is 0 Å². The minimum atomic E-state index is -0.800. The monoisotopic (exact) mass is 195 g/mol. The van der Waals surface area contributed by atoms with E-state index < -0.39 is 5.97 Å². The molecule has 0 bridgehead atoms. The molecule has 0 atom stereocenters. The number of benzene rings is 1. The van der Waals surface area contributed by atoms with Gasteiger partial charge in [0, 0.05) is 12.1 Å². The molecule has 0 aliphatic rings. The van der Waals surface area contributed by atoms with Gasteiger partial charge >= 0.3 is 5.97 Å². The highest BCUT2D eigenvalue weighted by molar-refractivity contribution is 5.66. The summed E-state index contributed by atoms with van der Waals surface area (Å²) in [4.78, 5) is 10.2. The van der Waals surface area contributed by atoms with Crippen LogP contribution in [-0.4, -0.2) is 17.7 Å². The van der Waals surface area contributed by atoms with Gasteiger partial charge in [0.05, 0.1) is 6.61 Å². The number of carbonyl (C=O) groups is 1. The Morgan fingerprint density at radius 2 is 2.00 bits per heavy atom. The van der Waals surface area contributed by atoms with E-state index in [-0.39, 0.29) is 6.42 Å². The summed E-state index contributed by atoms with van der Waals surface area (Å²) < 4.78 is 5.29. The third-order valence-corrected chi connectivity index (χ3v) is 1.68. The Labute approximate surface area is 82.3 Å². The van der Waals surface area contributed by atoms with Crippen molar-refractivity contribution in [3.8, 4) is 5.75 Å². The summed E-state index contributed by atoms with van der Waals surface area (Å²) in [5.74, 6) is -0.0875. The van der Waals surface area contributed by atoms with Gasteiger partial charge in [-0.15, -0.1) is 0 Å². The second-order valence-electron chi connectivity index (χ2n) is 2.91. The van der Waals surface area contributed by atoms with Crippen molar-refractivity contribution in [2.45, 2.75) is 12.8 Å². The smallest absolute Gasteiger partial charge is 0.303 e. The quantitative estimate of drug-likeness (QED) is 0.551. The lowest BCUT2D eigenvalue weighted by Crippen LogP contribution is -2.01. The maximum Gasteiger partial charge on any atom is 0.303 e. The van der Waals surface area contributed by atoms with E-state index in [1.807, 2.05) is 0 Å². The molecule has 0 heterocycles. The predicted octanol–water partition coefficient (Wildman–Crippen LogP) is 1.51. The summed E-state index contributed by atoms with van der Waals surface area (Å²) in [6.07, 6.45) is 0.648. The first kappa shape index (κ1) is 10.4. The van der Waals surface area contributed by atoms with Crippen LogP contribution in [0, 0.1) is 0 Å². The Hall–Kier alpha value is -1.71. The zero-order valence-corrected chi connectivity index (χ0v) is 7.77. The summed E-state index contributed by atoms with van der Waals surface area (Å²) in [6.45, 7) is 0.413. The first-order valence-corrected chi connectivity index (χ1v) is 4.38. The predicted molar refractivity (Wildman–Crippen MR) is 53.2 cm³/mol. The summed E-state index contributed by atoms with van der Waals surface area (Å²) in [7, 11) is 0. The molecule has 0 unspecified atom stereocenters. The lowest BCUT2D eigenvalue weighted by molar-refractivity contribution is -0.137. The van der Waals surface area contributed by atoms with Gasteiger partial charge < -0.3 is 15.6 Å². The van der Waals surface area contributed by atoms with Gasteiger partial charge in [-0.2, -0.15) is 0 Å². The molecule has 0 fully saturated rings. The van der Waals surface area contributed by atoms with Gasteiger partial charge in [0.2, 0.25) is 0 Å². The normalized spacial score (nSPS) is 9.71. The standard InChI is InChI=1S/C10H13NO3/c11-8-3-5-9(6-4-8)14-7-1-2-10(12)13/h3-6H,1-2,7,11H2,(H,12,13). The highest BCUT2D eigenvalue weighted by Crippen LogP contribution is 2.13. The van der Waals surface area contributed by atoms with Gasteiger partial charge in [-0.3, -0.25) is 4.79 Å². The van der Waals surface area contributed by atoms with Crippen molar-refractivity contribution in [1.82, 2.24) is 0 Å². The van der Waals surface area contributed by atoms with E-state index >= 15 is 0 Å². The molecule has 0 aliphatic heterocycles. The molecule has 0 saturated heterocycles. The van der Waals surface area contributed by atoms with Crippen LogP contribution in [-0.2, 0) is 4.79 Å². The van der Waals surface area contributed by atoms with Gasteiger partial charge in [-0.25, -0.2) is 0 Å². The highest BCUT2D eigenvalue weighted by atomic mass is 16.5. The van der Waals surface area contributed by atoms with E-state index in [4.69, 9.17) is 15.6 Å². The maximum absolute atomic E-state index is 10.2. The van der Waals surface area contributed by atoms with E-state index in [0.717, 1.165) is 0 Å². The lowest BCUT2D eigenvalue weighted by atomic mass is 10.3. The first-order valence-electron chi connectivity index (χ1n) is 4.38. The SMILES string of the molecule is Nc1ccc(OCCCC(=O)O)cc1. The van der Waals surface area contributed by atoms with Crippen molar-refractivity contribution in [1.29, 1.82) is 0 Å². The van der Waals surface area contributed by atoms with Crippen molar-refractivity contribution in [2.24, 2.45) is 0 Å².